The van der Waals surface area contributed by atoms with Gasteiger partial charge in [0, 0.05) is 73.9 Å². The minimum atomic E-state index is -0.731. The molecule has 3 saturated heterocycles. The number of carbonyl (C=O) groups excluding carboxylic acids is 6. The van der Waals surface area contributed by atoms with Crippen LogP contribution in [0.3, 0.4) is 0 Å². The highest BCUT2D eigenvalue weighted by Crippen LogP contribution is 2.84. The van der Waals surface area contributed by atoms with Crippen molar-refractivity contribution in [3.05, 3.63) is 0 Å². The monoisotopic (exact) mass is 738 g/mol. The molecule has 3 saturated carbocycles. The molecule has 0 aromatic heterocycles. The van der Waals surface area contributed by atoms with Crippen molar-refractivity contribution in [2.24, 2.45) is 51.2 Å². The first kappa shape index (κ1) is 40.2. The number of fused-ring (bicyclic) bond motifs is 1. The standard InChI is InChI=1S/C43H66N2O8/c1-7-11-30(37(49)36(48)20-28-14-15-28)21-35(47)34-24-42(41(5,6)43(42)26-53-27-43)25-45(34)39(51)33(40(2,3)4)23-31(46)22-32(29-12-9-8-10-13-29)38(50)44-16-18-52-19-17-44/h28-30,32-34H,7-27H2,1-6H3/t30?,32-,33+,34-,42+/m0/s1. The fourth-order valence-corrected chi connectivity index (χ4v) is 10.9. The number of amides is 2. The van der Waals surface area contributed by atoms with Crippen molar-refractivity contribution in [3.63, 3.8) is 0 Å². The van der Waals surface area contributed by atoms with Crippen LogP contribution in [-0.4, -0.2) is 96.9 Å². The van der Waals surface area contributed by atoms with Gasteiger partial charge in [-0.3, -0.25) is 28.8 Å². The van der Waals surface area contributed by atoms with Gasteiger partial charge in [-0.25, -0.2) is 0 Å². The Bertz CT molecular complexity index is 1430. The van der Waals surface area contributed by atoms with Crippen molar-refractivity contribution in [1.82, 2.24) is 9.80 Å². The summed E-state index contributed by atoms with van der Waals surface area (Å²) in [7, 11) is 0. The Balaban J connectivity index is 1.23. The predicted molar refractivity (Wildman–Crippen MR) is 200 cm³/mol. The van der Waals surface area contributed by atoms with E-state index in [1.807, 2.05) is 32.6 Å². The van der Waals surface area contributed by atoms with Crippen LogP contribution in [0.5, 0.6) is 0 Å². The first-order valence-electron chi connectivity index (χ1n) is 20.9. The highest BCUT2D eigenvalue weighted by atomic mass is 16.5. The number of ether oxygens (including phenoxy) is 2. The summed E-state index contributed by atoms with van der Waals surface area (Å²) in [5, 5.41) is 0. The lowest BCUT2D eigenvalue weighted by Crippen LogP contribution is -2.48. The van der Waals surface area contributed by atoms with Gasteiger partial charge < -0.3 is 19.3 Å². The molecule has 0 radical (unpaired) electrons. The molecule has 5 atom stereocenters. The first-order valence-corrected chi connectivity index (χ1v) is 20.9. The maximum absolute atomic E-state index is 15.0. The van der Waals surface area contributed by atoms with Crippen molar-refractivity contribution in [2.45, 2.75) is 137 Å². The molecule has 0 bridgehead atoms. The van der Waals surface area contributed by atoms with Crippen LogP contribution in [0.2, 0.25) is 0 Å². The Morgan fingerprint density at radius 1 is 0.811 bits per heavy atom. The molecule has 10 heteroatoms. The minimum absolute atomic E-state index is 0.0105. The van der Waals surface area contributed by atoms with E-state index in [-0.39, 0.29) is 82.9 Å². The number of rotatable bonds is 16. The summed E-state index contributed by atoms with van der Waals surface area (Å²) in [6, 6.07) is -0.731. The van der Waals surface area contributed by atoms with Gasteiger partial charge in [-0.05, 0) is 61.2 Å². The maximum atomic E-state index is 15.0. The van der Waals surface area contributed by atoms with E-state index >= 15 is 4.79 Å². The number of ketones is 4. The molecule has 6 aliphatic rings. The molecule has 6 fully saturated rings. The normalized spacial score (nSPS) is 28.3. The quantitative estimate of drug-likeness (QED) is 0.176. The average Bonchev–Trinajstić information content (AvgIpc) is 3.94. The van der Waals surface area contributed by atoms with Crippen LogP contribution < -0.4 is 0 Å². The topological polar surface area (TPSA) is 127 Å². The van der Waals surface area contributed by atoms with E-state index in [4.69, 9.17) is 9.47 Å². The molecular formula is C43H66N2O8. The number of likely N-dealkylation sites (tertiary alicyclic amines) is 1. The Labute approximate surface area is 317 Å². The molecule has 53 heavy (non-hydrogen) atoms. The smallest absolute Gasteiger partial charge is 0.227 e. The zero-order valence-corrected chi connectivity index (χ0v) is 33.5. The van der Waals surface area contributed by atoms with E-state index in [9.17, 15) is 24.0 Å². The molecule has 1 unspecified atom stereocenters. The van der Waals surface area contributed by atoms with E-state index in [1.54, 1.807) is 4.90 Å². The number of Topliss-reactive ketones (excluding diaryl/α,β-unsaturated/α-hetero) is 4. The van der Waals surface area contributed by atoms with E-state index < -0.39 is 35.0 Å². The third kappa shape index (κ3) is 7.71. The second kappa shape index (κ2) is 15.6. The van der Waals surface area contributed by atoms with Crippen LogP contribution in [0, 0.1) is 51.2 Å². The van der Waals surface area contributed by atoms with Crippen LogP contribution in [-0.2, 0) is 38.2 Å². The van der Waals surface area contributed by atoms with Gasteiger partial charge in [0.1, 0.15) is 5.78 Å². The summed E-state index contributed by atoms with van der Waals surface area (Å²) >= 11 is 0. The molecular weight excluding hydrogens is 672 g/mol. The van der Waals surface area contributed by atoms with Gasteiger partial charge in [-0.1, -0.05) is 67.2 Å². The van der Waals surface area contributed by atoms with Crippen molar-refractivity contribution in [2.75, 3.05) is 46.1 Å². The number of nitrogens with zero attached hydrogens (tertiary/aromatic N) is 2. The van der Waals surface area contributed by atoms with Gasteiger partial charge in [0.25, 0.3) is 0 Å². The molecule has 0 N–H and O–H groups in total. The maximum Gasteiger partial charge on any atom is 0.227 e. The van der Waals surface area contributed by atoms with Crippen LogP contribution in [0.4, 0.5) is 0 Å². The first-order chi connectivity index (χ1) is 25.1. The van der Waals surface area contributed by atoms with Gasteiger partial charge in [0.15, 0.2) is 11.6 Å². The zero-order valence-electron chi connectivity index (χ0n) is 33.5. The van der Waals surface area contributed by atoms with Gasteiger partial charge >= 0.3 is 0 Å². The molecule has 3 heterocycles. The summed E-state index contributed by atoms with van der Waals surface area (Å²) in [4.78, 5) is 87.6. The van der Waals surface area contributed by atoms with E-state index in [1.165, 1.54) is 0 Å². The highest BCUT2D eigenvalue weighted by molar-refractivity contribution is 6.38. The third-order valence-corrected chi connectivity index (χ3v) is 14.9. The number of carbonyl (C=O) groups is 6. The molecule has 2 amide bonds. The second-order valence-corrected chi connectivity index (χ2v) is 19.4. The average molecular weight is 739 g/mol. The van der Waals surface area contributed by atoms with Crippen LogP contribution in [0.15, 0.2) is 0 Å². The fourth-order valence-electron chi connectivity index (χ4n) is 10.9. The fraction of sp³-hybridized carbons (Fsp3) is 0.860. The predicted octanol–water partition coefficient (Wildman–Crippen LogP) is 6.01. The van der Waals surface area contributed by atoms with E-state index in [0.717, 1.165) is 44.9 Å². The van der Waals surface area contributed by atoms with Crippen molar-refractivity contribution in [3.8, 4) is 0 Å². The van der Waals surface area contributed by atoms with Crippen LogP contribution in [0.25, 0.3) is 0 Å². The van der Waals surface area contributed by atoms with Gasteiger partial charge in [0.2, 0.25) is 17.6 Å². The lowest BCUT2D eigenvalue weighted by atomic mass is 9.73. The molecule has 2 spiro atoms. The van der Waals surface area contributed by atoms with Gasteiger partial charge in [0.05, 0.1) is 32.5 Å². The van der Waals surface area contributed by atoms with Crippen molar-refractivity contribution >= 4 is 34.9 Å². The Morgan fingerprint density at radius 2 is 1.47 bits per heavy atom. The van der Waals surface area contributed by atoms with Crippen LogP contribution in [0.1, 0.15) is 131 Å². The second-order valence-electron chi connectivity index (χ2n) is 19.4. The van der Waals surface area contributed by atoms with Crippen molar-refractivity contribution in [1.29, 1.82) is 0 Å². The Kier molecular flexibility index (Phi) is 11.8. The Hall–Kier alpha value is -2.46. The molecule has 10 nitrogen and oxygen atoms in total. The number of morpholine rings is 1. The van der Waals surface area contributed by atoms with Crippen LogP contribution >= 0.6 is 0 Å². The number of hydrogen-bond acceptors (Lipinski definition) is 8. The molecule has 3 aliphatic heterocycles. The van der Waals surface area contributed by atoms with Gasteiger partial charge in [-0.15, -0.1) is 0 Å². The highest BCUT2D eigenvalue weighted by Gasteiger charge is 2.86. The summed E-state index contributed by atoms with van der Waals surface area (Å²) in [6.07, 6.45) is 9.06. The summed E-state index contributed by atoms with van der Waals surface area (Å²) < 4.78 is 11.3. The third-order valence-electron chi connectivity index (χ3n) is 14.9. The lowest BCUT2D eigenvalue weighted by Gasteiger charge is -2.37. The van der Waals surface area contributed by atoms with Gasteiger partial charge in [-0.2, -0.15) is 0 Å². The van der Waals surface area contributed by atoms with Crippen molar-refractivity contribution < 1.29 is 38.2 Å². The molecule has 3 aliphatic carbocycles. The summed E-state index contributed by atoms with van der Waals surface area (Å²) in [5.74, 6) is -2.53. The summed E-state index contributed by atoms with van der Waals surface area (Å²) in [6.45, 7) is 16.0. The zero-order chi connectivity index (χ0) is 38.3. The Morgan fingerprint density at radius 3 is 2.02 bits per heavy atom. The lowest BCUT2D eigenvalue weighted by molar-refractivity contribution is -0.148. The molecule has 296 valence electrons. The number of hydrogen-bond donors (Lipinski definition) is 0. The summed E-state index contributed by atoms with van der Waals surface area (Å²) in [5.41, 5.74) is -1.16. The molecule has 0 aromatic rings. The molecule has 6 rings (SSSR count). The minimum Gasteiger partial charge on any atom is -0.380 e. The molecule has 0 aromatic carbocycles. The largest absolute Gasteiger partial charge is 0.380 e. The SMILES string of the molecule is CCCC(CC(=O)[C@@H]1C[C@@]2(CN1C(=O)[C@@H](CC(=O)C[C@H](C(=O)N1CCOCC1)C1CCCCC1)C(C)(C)C)C(C)(C)C21COC1)C(=O)C(=O)CC1CC1. The van der Waals surface area contributed by atoms with E-state index in [2.05, 4.69) is 13.8 Å². The van der Waals surface area contributed by atoms with E-state index in [0.29, 0.717) is 65.3 Å².